The van der Waals surface area contributed by atoms with Crippen LogP contribution in [0.3, 0.4) is 0 Å². The van der Waals surface area contributed by atoms with Crippen LogP contribution in [0.25, 0.3) is 10.4 Å². The van der Waals surface area contributed by atoms with Gasteiger partial charge in [-0.05, 0) is 36.6 Å². The zero-order valence-corrected chi connectivity index (χ0v) is 12.6. The molecule has 0 bridgehead atoms. The van der Waals surface area contributed by atoms with Gasteiger partial charge in [0.15, 0.2) is 0 Å². The first-order valence-electron chi connectivity index (χ1n) is 6.22. The van der Waals surface area contributed by atoms with Gasteiger partial charge in [-0.15, -0.1) is 11.3 Å². The predicted molar refractivity (Wildman–Crippen MR) is 82.0 cm³/mol. The molecular formula is C15H16ClNOS. The summed E-state index contributed by atoms with van der Waals surface area (Å²) in [6.45, 7) is 4.14. The van der Waals surface area contributed by atoms with Crippen LogP contribution in [0.1, 0.15) is 34.1 Å². The summed E-state index contributed by atoms with van der Waals surface area (Å²) < 4.78 is 0. The molecule has 1 heterocycles. The van der Waals surface area contributed by atoms with E-state index in [0.717, 1.165) is 28.8 Å². The molecule has 19 heavy (non-hydrogen) atoms. The maximum Gasteiger partial charge on any atom is 0.250 e. The lowest BCUT2D eigenvalue weighted by molar-refractivity contribution is 0.100. The average Bonchev–Trinajstić information content (AvgIpc) is 2.68. The molecule has 0 saturated carbocycles. The molecule has 0 unspecified atom stereocenters. The Hall–Kier alpha value is -1.32. The number of hydrogen-bond acceptors (Lipinski definition) is 2. The maximum absolute atomic E-state index is 11.8. The van der Waals surface area contributed by atoms with Crippen molar-refractivity contribution in [1.29, 1.82) is 0 Å². The number of aryl methyl sites for hydroxylation is 1. The van der Waals surface area contributed by atoms with Crippen molar-refractivity contribution in [1.82, 2.24) is 0 Å². The van der Waals surface area contributed by atoms with Crippen LogP contribution in [0.2, 0.25) is 5.02 Å². The number of primary amides is 1. The lowest BCUT2D eigenvalue weighted by atomic mass is 10.0. The van der Waals surface area contributed by atoms with Gasteiger partial charge in [0, 0.05) is 14.8 Å². The monoisotopic (exact) mass is 293 g/mol. The highest BCUT2D eigenvalue weighted by Gasteiger charge is 2.20. The molecule has 4 heteroatoms. The van der Waals surface area contributed by atoms with Gasteiger partial charge in [-0.3, -0.25) is 4.79 Å². The van der Waals surface area contributed by atoms with Crippen LogP contribution in [0, 0.1) is 6.92 Å². The number of thiophene rings is 1. The molecule has 0 aliphatic carbocycles. The first-order chi connectivity index (χ1) is 9.04. The largest absolute Gasteiger partial charge is 0.366 e. The van der Waals surface area contributed by atoms with Gasteiger partial charge >= 0.3 is 0 Å². The number of nitrogens with two attached hydrogens (primary N) is 1. The molecule has 0 fully saturated rings. The van der Waals surface area contributed by atoms with Gasteiger partial charge in [0.05, 0.1) is 5.56 Å². The van der Waals surface area contributed by atoms with Gasteiger partial charge in [-0.1, -0.05) is 37.1 Å². The quantitative estimate of drug-likeness (QED) is 0.890. The van der Waals surface area contributed by atoms with E-state index in [2.05, 4.69) is 6.92 Å². The summed E-state index contributed by atoms with van der Waals surface area (Å²) in [6, 6.07) is 7.51. The zero-order chi connectivity index (χ0) is 14.0. The Kier molecular flexibility index (Phi) is 4.27. The molecule has 2 aromatic rings. The molecule has 0 saturated heterocycles. The lowest BCUT2D eigenvalue weighted by Crippen LogP contribution is -2.13. The molecule has 2 N–H and O–H groups in total. The highest BCUT2D eigenvalue weighted by molar-refractivity contribution is 7.16. The van der Waals surface area contributed by atoms with Crippen LogP contribution in [0.15, 0.2) is 24.3 Å². The number of carbonyl (C=O) groups excluding carboxylic acids is 1. The molecular weight excluding hydrogens is 278 g/mol. The number of benzene rings is 1. The molecule has 0 spiro atoms. The third kappa shape index (κ3) is 2.82. The van der Waals surface area contributed by atoms with Crippen molar-refractivity contribution in [2.75, 3.05) is 0 Å². The molecule has 0 atom stereocenters. The van der Waals surface area contributed by atoms with Crippen LogP contribution >= 0.6 is 22.9 Å². The van der Waals surface area contributed by atoms with Crippen molar-refractivity contribution < 1.29 is 4.79 Å². The third-order valence-electron chi connectivity index (χ3n) is 3.06. The SMILES string of the molecule is CCCc1c(C)sc(-c2ccc(Cl)cc2)c1C(N)=O. The van der Waals surface area contributed by atoms with Gasteiger partial charge < -0.3 is 5.73 Å². The fourth-order valence-corrected chi connectivity index (χ4v) is 3.53. The zero-order valence-electron chi connectivity index (χ0n) is 11.0. The summed E-state index contributed by atoms with van der Waals surface area (Å²) >= 11 is 7.52. The second-order valence-electron chi connectivity index (χ2n) is 4.46. The predicted octanol–water partition coefficient (Wildman–Crippen LogP) is 4.43. The Morgan fingerprint density at radius 3 is 2.47 bits per heavy atom. The van der Waals surface area contributed by atoms with E-state index in [1.807, 2.05) is 31.2 Å². The summed E-state index contributed by atoms with van der Waals surface area (Å²) in [6.07, 6.45) is 1.88. The fourth-order valence-electron chi connectivity index (χ4n) is 2.19. The Morgan fingerprint density at radius 2 is 1.95 bits per heavy atom. The Morgan fingerprint density at radius 1 is 1.32 bits per heavy atom. The minimum absolute atomic E-state index is 0.349. The standard InChI is InChI=1S/C15H16ClNOS/c1-3-4-12-9(2)19-14(13(12)15(17)18)10-5-7-11(16)8-6-10/h5-8H,3-4H2,1-2H3,(H2,17,18). The van der Waals surface area contributed by atoms with E-state index in [0.29, 0.717) is 10.6 Å². The number of rotatable bonds is 4. The first-order valence-corrected chi connectivity index (χ1v) is 7.42. The van der Waals surface area contributed by atoms with Crippen LogP contribution in [-0.2, 0) is 6.42 Å². The fraction of sp³-hybridized carbons (Fsp3) is 0.267. The van der Waals surface area contributed by atoms with Gasteiger partial charge in [-0.25, -0.2) is 0 Å². The molecule has 1 aromatic heterocycles. The van der Waals surface area contributed by atoms with E-state index in [9.17, 15) is 4.79 Å². The summed E-state index contributed by atoms with van der Waals surface area (Å²) in [5.41, 5.74) is 8.32. The average molecular weight is 294 g/mol. The van der Waals surface area contributed by atoms with Crippen molar-refractivity contribution >= 4 is 28.8 Å². The highest BCUT2D eigenvalue weighted by atomic mass is 35.5. The van der Waals surface area contributed by atoms with Crippen molar-refractivity contribution in [2.45, 2.75) is 26.7 Å². The molecule has 0 aliphatic heterocycles. The van der Waals surface area contributed by atoms with Gasteiger partial charge in [0.25, 0.3) is 0 Å². The van der Waals surface area contributed by atoms with E-state index >= 15 is 0 Å². The maximum atomic E-state index is 11.8. The third-order valence-corrected chi connectivity index (χ3v) is 4.51. The summed E-state index contributed by atoms with van der Waals surface area (Å²) in [4.78, 5) is 13.9. The Bertz CT molecular complexity index is 601. The van der Waals surface area contributed by atoms with Crippen molar-refractivity contribution in [3.8, 4) is 10.4 Å². The smallest absolute Gasteiger partial charge is 0.250 e. The second kappa shape index (κ2) is 5.76. The topological polar surface area (TPSA) is 43.1 Å². The minimum atomic E-state index is -0.349. The van der Waals surface area contributed by atoms with Crippen LogP contribution in [0.4, 0.5) is 0 Å². The Labute approximate surface area is 122 Å². The summed E-state index contributed by atoms with van der Waals surface area (Å²) in [5.74, 6) is -0.349. The van der Waals surface area contributed by atoms with Crippen LogP contribution in [0.5, 0.6) is 0 Å². The lowest BCUT2D eigenvalue weighted by Gasteiger charge is -2.04. The molecule has 1 aromatic carbocycles. The second-order valence-corrected chi connectivity index (χ2v) is 6.12. The molecule has 0 radical (unpaired) electrons. The van der Waals surface area contributed by atoms with Crippen molar-refractivity contribution in [3.05, 3.63) is 45.3 Å². The van der Waals surface area contributed by atoms with E-state index < -0.39 is 0 Å². The van der Waals surface area contributed by atoms with Crippen LogP contribution in [-0.4, -0.2) is 5.91 Å². The van der Waals surface area contributed by atoms with Crippen molar-refractivity contribution in [3.63, 3.8) is 0 Å². The molecule has 2 rings (SSSR count). The highest BCUT2D eigenvalue weighted by Crippen LogP contribution is 2.37. The van der Waals surface area contributed by atoms with E-state index in [1.54, 1.807) is 11.3 Å². The van der Waals surface area contributed by atoms with Gasteiger partial charge in [-0.2, -0.15) is 0 Å². The molecule has 100 valence electrons. The number of hydrogen-bond donors (Lipinski definition) is 1. The normalized spacial score (nSPS) is 10.7. The van der Waals surface area contributed by atoms with E-state index in [-0.39, 0.29) is 5.91 Å². The van der Waals surface area contributed by atoms with Crippen molar-refractivity contribution in [2.24, 2.45) is 5.73 Å². The van der Waals surface area contributed by atoms with Gasteiger partial charge in [0.2, 0.25) is 5.91 Å². The van der Waals surface area contributed by atoms with E-state index in [4.69, 9.17) is 17.3 Å². The first kappa shape index (κ1) is 14.1. The number of amides is 1. The summed E-state index contributed by atoms with van der Waals surface area (Å²) in [7, 11) is 0. The number of halogens is 1. The Balaban J connectivity index is 2.60. The summed E-state index contributed by atoms with van der Waals surface area (Å²) in [5, 5.41) is 0.687. The minimum Gasteiger partial charge on any atom is -0.366 e. The van der Waals surface area contributed by atoms with Gasteiger partial charge in [0.1, 0.15) is 0 Å². The van der Waals surface area contributed by atoms with E-state index in [1.165, 1.54) is 4.88 Å². The molecule has 0 aliphatic rings. The number of carbonyl (C=O) groups is 1. The van der Waals surface area contributed by atoms with Crippen LogP contribution < -0.4 is 5.73 Å². The molecule has 2 nitrogen and oxygen atoms in total. The molecule has 1 amide bonds.